The minimum absolute atomic E-state index is 0.276. The van der Waals surface area contributed by atoms with Crippen LogP contribution in [0.25, 0.3) is 0 Å². The highest BCUT2D eigenvalue weighted by Gasteiger charge is 2.35. The molecule has 2 N–H and O–H groups in total. The van der Waals surface area contributed by atoms with Gasteiger partial charge in [0, 0.05) is 42.8 Å². The summed E-state index contributed by atoms with van der Waals surface area (Å²) < 4.78 is 1.89. The van der Waals surface area contributed by atoms with Crippen LogP contribution in [0.1, 0.15) is 35.0 Å². The molecule has 0 radical (unpaired) electrons. The zero-order valence-electron chi connectivity index (χ0n) is 12.1. The Hall–Kier alpha value is -1.17. The fourth-order valence-electron chi connectivity index (χ4n) is 2.87. The molecular weight excluding hydrogens is 268 g/mol. The lowest BCUT2D eigenvalue weighted by Crippen LogP contribution is -2.35. The van der Waals surface area contributed by atoms with Crippen molar-refractivity contribution < 1.29 is 0 Å². The molecule has 1 saturated carbocycles. The molecule has 0 bridgehead atoms. The van der Waals surface area contributed by atoms with Gasteiger partial charge in [0.15, 0.2) is 0 Å². The number of rotatable bonds is 6. The predicted octanol–water partition coefficient (Wildman–Crippen LogP) is 2.45. The molecule has 1 aliphatic rings. The van der Waals surface area contributed by atoms with Gasteiger partial charge in [0.05, 0.1) is 11.7 Å². The number of hydrogen-bond donors (Lipinski definition) is 1. The first-order chi connectivity index (χ1) is 9.69. The van der Waals surface area contributed by atoms with Crippen LogP contribution in [0.15, 0.2) is 23.7 Å². The Balaban J connectivity index is 1.86. The summed E-state index contributed by atoms with van der Waals surface area (Å²) in [6, 6.07) is 5.30. The van der Waals surface area contributed by atoms with Crippen molar-refractivity contribution in [3.63, 3.8) is 0 Å². The van der Waals surface area contributed by atoms with Crippen molar-refractivity contribution in [2.75, 3.05) is 6.54 Å². The third-order valence-electron chi connectivity index (χ3n) is 3.97. The van der Waals surface area contributed by atoms with Gasteiger partial charge in [-0.1, -0.05) is 6.07 Å². The summed E-state index contributed by atoms with van der Waals surface area (Å²) in [6.07, 6.45) is 4.71. The Labute approximate surface area is 124 Å². The number of thiophene rings is 1. The molecule has 108 valence electrons. The van der Waals surface area contributed by atoms with E-state index in [4.69, 9.17) is 5.73 Å². The highest BCUT2D eigenvalue weighted by Crippen LogP contribution is 2.36. The van der Waals surface area contributed by atoms with Gasteiger partial charge in [0.2, 0.25) is 0 Å². The highest BCUT2D eigenvalue weighted by molar-refractivity contribution is 7.09. The van der Waals surface area contributed by atoms with E-state index in [0.29, 0.717) is 12.6 Å². The molecule has 0 amide bonds. The van der Waals surface area contributed by atoms with Crippen molar-refractivity contribution in [1.82, 2.24) is 14.7 Å². The van der Waals surface area contributed by atoms with Crippen LogP contribution < -0.4 is 5.73 Å². The normalized spacial score (nSPS) is 16.8. The van der Waals surface area contributed by atoms with Gasteiger partial charge in [-0.05, 0) is 31.2 Å². The number of aryl methyl sites for hydroxylation is 2. The van der Waals surface area contributed by atoms with E-state index in [1.165, 1.54) is 23.3 Å². The van der Waals surface area contributed by atoms with Crippen LogP contribution in [0.5, 0.6) is 0 Å². The van der Waals surface area contributed by atoms with E-state index in [0.717, 1.165) is 12.2 Å². The van der Waals surface area contributed by atoms with Crippen LogP contribution in [0.4, 0.5) is 0 Å². The third-order valence-corrected chi connectivity index (χ3v) is 4.83. The molecule has 4 nitrogen and oxygen atoms in total. The molecule has 3 rings (SSSR count). The second-order valence-electron chi connectivity index (χ2n) is 5.58. The van der Waals surface area contributed by atoms with Crippen LogP contribution in [0, 0.1) is 6.92 Å². The summed E-state index contributed by atoms with van der Waals surface area (Å²) in [5.74, 6) is 0. The minimum atomic E-state index is 0.276. The van der Waals surface area contributed by atoms with Crippen LogP contribution in [-0.4, -0.2) is 27.3 Å². The summed E-state index contributed by atoms with van der Waals surface area (Å²) in [5, 5.41) is 6.62. The standard InChI is InChI=1S/C15H22N4S/c1-11-14(10-18(2)17-11)15(8-16)19(12-5-6-12)9-13-4-3-7-20-13/h3-4,7,10,12,15H,5-6,8-9,16H2,1-2H3. The largest absolute Gasteiger partial charge is 0.329 e. The van der Waals surface area contributed by atoms with Crippen molar-refractivity contribution in [2.45, 2.75) is 38.4 Å². The molecule has 20 heavy (non-hydrogen) atoms. The number of hydrogen-bond acceptors (Lipinski definition) is 4. The molecule has 5 heteroatoms. The van der Waals surface area contributed by atoms with Crippen LogP contribution >= 0.6 is 11.3 Å². The fourth-order valence-corrected chi connectivity index (χ4v) is 3.58. The second kappa shape index (κ2) is 5.68. The van der Waals surface area contributed by atoms with Crippen molar-refractivity contribution >= 4 is 11.3 Å². The van der Waals surface area contributed by atoms with Gasteiger partial charge < -0.3 is 5.73 Å². The fraction of sp³-hybridized carbons (Fsp3) is 0.533. The number of nitrogens with zero attached hydrogens (tertiary/aromatic N) is 3. The summed E-state index contributed by atoms with van der Waals surface area (Å²) in [6.45, 7) is 3.72. The van der Waals surface area contributed by atoms with Crippen LogP contribution in [-0.2, 0) is 13.6 Å². The summed E-state index contributed by atoms with van der Waals surface area (Å²) >= 11 is 1.83. The van der Waals surface area contributed by atoms with E-state index >= 15 is 0 Å². The van der Waals surface area contributed by atoms with E-state index in [-0.39, 0.29) is 6.04 Å². The Bertz CT molecular complexity index is 556. The topological polar surface area (TPSA) is 47.1 Å². The molecule has 1 unspecified atom stereocenters. The maximum atomic E-state index is 6.10. The molecule has 2 aromatic heterocycles. The zero-order valence-corrected chi connectivity index (χ0v) is 12.9. The molecule has 0 saturated heterocycles. The first-order valence-corrected chi connectivity index (χ1v) is 8.05. The Morgan fingerprint density at radius 2 is 2.35 bits per heavy atom. The van der Waals surface area contributed by atoms with E-state index in [9.17, 15) is 0 Å². The quantitative estimate of drug-likeness (QED) is 0.889. The maximum Gasteiger partial charge on any atom is 0.0641 e. The van der Waals surface area contributed by atoms with Gasteiger partial charge in [-0.3, -0.25) is 9.58 Å². The minimum Gasteiger partial charge on any atom is -0.329 e. The second-order valence-corrected chi connectivity index (χ2v) is 6.61. The Morgan fingerprint density at radius 3 is 2.85 bits per heavy atom. The van der Waals surface area contributed by atoms with Gasteiger partial charge in [-0.2, -0.15) is 5.10 Å². The summed E-state index contributed by atoms with van der Waals surface area (Å²) in [5.41, 5.74) is 8.48. The first kappa shape index (κ1) is 13.8. The average molecular weight is 290 g/mol. The average Bonchev–Trinajstić information content (AvgIpc) is 3.04. The first-order valence-electron chi connectivity index (χ1n) is 7.17. The monoisotopic (exact) mass is 290 g/mol. The van der Waals surface area contributed by atoms with Crippen LogP contribution in [0.3, 0.4) is 0 Å². The van der Waals surface area contributed by atoms with Crippen LogP contribution in [0.2, 0.25) is 0 Å². The molecule has 2 heterocycles. The predicted molar refractivity (Wildman–Crippen MR) is 82.6 cm³/mol. The maximum absolute atomic E-state index is 6.10. The lowest BCUT2D eigenvalue weighted by Gasteiger charge is -2.30. The third kappa shape index (κ3) is 2.80. The summed E-state index contributed by atoms with van der Waals surface area (Å²) in [4.78, 5) is 3.98. The molecule has 1 fully saturated rings. The highest BCUT2D eigenvalue weighted by atomic mass is 32.1. The van der Waals surface area contributed by atoms with E-state index in [1.807, 2.05) is 23.1 Å². The smallest absolute Gasteiger partial charge is 0.0641 e. The van der Waals surface area contributed by atoms with Crippen molar-refractivity contribution in [2.24, 2.45) is 12.8 Å². The molecule has 0 aromatic carbocycles. The molecule has 2 aromatic rings. The van der Waals surface area contributed by atoms with Crippen molar-refractivity contribution in [3.05, 3.63) is 39.8 Å². The van der Waals surface area contributed by atoms with E-state index in [2.05, 4.69) is 40.6 Å². The SMILES string of the molecule is Cc1nn(C)cc1C(CN)N(Cc1cccs1)C1CC1. The Morgan fingerprint density at radius 1 is 1.55 bits per heavy atom. The lowest BCUT2D eigenvalue weighted by molar-refractivity contribution is 0.183. The zero-order chi connectivity index (χ0) is 14.1. The molecular formula is C15H22N4S. The lowest BCUT2D eigenvalue weighted by atomic mass is 10.1. The summed E-state index contributed by atoms with van der Waals surface area (Å²) in [7, 11) is 1.98. The van der Waals surface area contributed by atoms with E-state index in [1.54, 1.807) is 0 Å². The number of aromatic nitrogens is 2. The Kier molecular flexibility index (Phi) is 3.92. The van der Waals surface area contributed by atoms with Crippen molar-refractivity contribution in [1.29, 1.82) is 0 Å². The van der Waals surface area contributed by atoms with Gasteiger partial charge in [-0.15, -0.1) is 11.3 Å². The molecule has 0 aliphatic heterocycles. The van der Waals surface area contributed by atoms with Gasteiger partial charge >= 0.3 is 0 Å². The van der Waals surface area contributed by atoms with Crippen molar-refractivity contribution in [3.8, 4) is 0 Å². The van der Waals surface area contributed by atoms with Gasteiger partial charge in [0.25, 0.3) is 0 Å². The molecule has 1 atom stereocenters. The molecule has 1 aliphatic carbocycles. The van der Waals surface area contributed by atoms with Gasteiger partial charge in [0.1, 0.15) is 0 Å². The molecule has 0 spiro atoms. The van der Waals surface area contributed by atoms with Gasteiger partial charge in [-0.25, -0.2) is 0 Å². The number of nitrogens with two attached hydrogens (primary N) is 1. The van der Waals surface area contributed by atoms with E-state index < -0.39 is 0 Å².